The lowest BCUT2D eigenvalue weighted by Crippen LogP contribution is -1.92. The van der Waals surface area contributed by atoms with Gasteiger partial charge in [-0.2, -0.15) is 0 Å². The number of rotatable bonds is 12. The third-order valence-corrected chi connectivity index (χ3v) is 3.12. The summed E-state index contributed by atoms with van der Waals surface area (Å²) in [7, 11) is 0. The number of nitrogens with zero attached hydrogens (tertiary/aromatic N) is 1. The normalized spacial score (nSPS) is 10.3. The van der Waals surface area contributed by atoms with E-state index in [-0.39, 0.29) is 0 Å². The van der Waals surface area contributed by atoms with Crippen LogP contribution in [-0.2, 0) is 11.3 Å². The van der Waals surface area contributed by atoms with Gasteiger partial charge in [0.15, 0.2) is 0 Å². The minimum absolute atomic E-state index is 0.327. The molecule has 20 heavy (non-hydrogen) atoms. The Bertz CT molecular complexity index is 280. The molecule has 0 fully saturated rings. The highest BCUT2D eigenvalue weighted by molar-refractivity contribution is 5.66. The van der Waals surface area contributed by atoms with Gasteiger partial charge in [0, 0.05) is 11.3 Å². The quantitative estimate of drug-likeness (QED) is 0.430. The molecule has 1 aromatic rings. The zero-order chi connectivity index (χ0) is 15.1. The average Bonchev–Trinajstić information content (AvgIpc) is 3.23. The van der Waals surface area contributed by atoms with Gasteiger partial charge in [-0.1, -0.05) is 65.2 Å². The molecule has 1 heterocycles. The molecule has 1 N–H and O–H groups in total. The molecule has 1 rings (SSSR count). The van der Waals surface area contributed by atoms with Crippen LogP contribution in [0.25, 0.3) is 0 Å². The van der Waals surface area contributed by atoms with Crippen LogP contribution >= 0.6 is 0 Å². The first kappa shape index (κ1) is 18.9. The molecule has 0 aromatic carbocycles. The molecule has 0 amide bonds. The minimum Gasteiger partial charge on any atom is -0.481 e. The second kappa shape index (κ2) is 14.3. The molecule has 0 saturated carbocycles. The smallest absolute Gasteiger partial charge is 0.303 e. The predicted octanol–water partition coefficient (Wildman–Crippen LogP) is 5.08. The van der Waals surface area contributed by atoms with Crippen LogP contribution < -0.4 is 0 Å². The van der Waals surface area contributed by atoms with E-state index in [1.807, 2.05) is 0 Å². The van der Waals surface area contributed by atoms with Crippen molar-refractivity contribution >= 4 is 5.97 Å². The van der Waals surface area contributed by atoms with Gasteiger partial charge in [-0.25, -0.2) is 0 Å². The van der Waals surface area contributed by atoms with E-state index >= 15 is 0 Å². The Labute approximate surface area is 122 Å². The third-order valence-electron chi connectivity index (χ3n) is 3.12. The Hall–Kier alpha value is -1.13. The van der Waals surface area contributed by atoms with Crippen LogP contribution in [-0.4, -0.2) is 16.0 Å². The fraction of sp³-hybridized carbons (Fsp3) is 0.933. The van der Waals surface area contributed by atoms with Gasteiger partial charge in [-0.15, -0.1) is 9.36 Å². The largest absolute Gasteiger partial charge is 0.481 e. The summed E-state index contributed by atoms with van der Waals surface area (Å²) in [6.07, 6.45) is 12.6. The van der Waals surface area contributed by atoms with Crippen LogP contribution in [0, 0.1) is 0 Å². The van der Waals surface area contributed by atoms with E-state index < -0.39 is 5.97 Å². The molecule has 1 aromatic heterocycles. The number of unbranched alkanes of at least 4 members (excludes halogenated alkanes) is 8. The monoisotopic (exact) mass is 289 g/mol. The number of carboxylic acids is 1. The topological polar surface area (TPSA) is 68.5 Å². The maximum absolute atomic E-state index is 9.87. The van der Waals surface area contributed by atoms with Crippen LogP contribution in [0.5, 0.6) is 0 Å². The van der Waals surface area contributed by atoms with Gasteiger partial charge < -0.3 is 5.11 Å². The standard InChI is InChI=1S/C9H19NO2.C6H12O2/c1-2-3-4-5-6-7-8-9-10-11-12-10;1-2-3-4-5-6(7)8/h2-9H2,1H3;2-5H2,1H3,(H,7,8). The van der Waals surface area contributed by atoms with E-state index in [2.05, 4.69) is 23.2 Å². The molecule has 0 aliphatic rings. The molecule has 0 spiro atoms. The molecule has 0 aliphatic carbocycles. The summed E-state index contributed by atoms with van der Waals surface area (Å²) >= 11 is 0. The molecule has 0 unspecified atom stereocenters. The van der Waals surface area contributed by atoms with Crippen molar-refractivity contribution in [3.05, 3.63) is 0 Å². The van der Waals surface area contributed by atoms with Crippen molar-refractivity contribution < 1.29 is 19.3 Å². The zero-order valence-corrected chi connectivity index (χ0v) is 13.1. The summed E-state index contributed by atoms with van der Waals surface area (Å²) < 4.78 is 8.97. The van der Waals surface area contributed by atoms with Gasteiger partial charge in [0.2, 0.25) is 0 Å². The van der Waals surface area contributed by atoms with E-state index in [1.54, 1.807) is 0 Å². The van der Waals surface area contributed by atoms with Gasteiger partial charge in [0.05, 0.1) is 6.54 Å². The number of carbonyl (C=O) groups is 1. The lowest BCUT2D eigenvalue weighted by atomic mass is 10.1. The predicted molar refractivity (Wildman–Crippen MR) is 78.7 cm³/mol. The van der Waals surface area contributed by atoms with Gasteiger partial charge in [-0.05, 0) is 12.8 Å². The highest BCUT2D eigenvalue weighted by Crippen LogP contribution is 2.08. The van der Waals surface area contributed by atoms with Crippen molar-refractivity contribution in [3.63, 3.8) is 0 Å². The zero-order valence-electron chi connectivity index (χ0n) is 13.1. The van der Waals surface area contributed by atoms with Crippen molar-refractivity contribution in [2.45, 2.75) is 91.0 Å². The summed E-state index contributed by atoms with van der Waals surface area (Å²) in [5, 5.41) is 8.14. The average molecular weight is 289 g/mol. The number of aromatic nitrogens is 1. The molecule has 0 atom stereocenters. The molecule has 0 saturated heterocycles. The van der Waals surface area contributed by atoms with E-state index in [1.165, 1.54) is 49.9 Å². The van der Waals surface area contributed by atoms with Crippen molar-refractivity contribution in [1.29, 1.82) is 0 Å². The SMILES string of the molecule is CCCCCC(=O)O.CCCCCCCCCn1oo1. The van der Waals surface area contributed by atoms with Crippen LogP contribution in [0.15, 0.2) is 9.36 Å². The molecule has 5 nitrogen and oxygen atoms in total. The summed E-state index contributed by atoms with van der Waals surface area (Å²) in [5.41, 5.74) is 0. The van der Waals surface area contributed by atoms with Crippen LogP contribution in [0.1, 0.15) is 84.5 Å². The Morgan fingerprint density at radius 3 is 1.85 bits per heavy atom. The fourth-order valence-corrected chi connectivity index (χ4v) is 1.82. The Balaban J connectivity index is 0.000000396. The Morgan fingerprint density at radius 1 is 0.850 bits per heavy atom. The van der Waals surface area contributed by atoms with Crippen molar-refractivity contribution in [2.75, 3.05) is 0 Å². The summed E-state index contributed by atoms with van der Waals surface area (Å²) in [4.78, 5) is 11.4. The van der Waals surface area contributed by atoms with Crippen LogP contribution in [0.2, 0.25) is 0 Å². The maximum Gasteiger partial charge on any atom is 0.303 e. The second-order valence-corrected chi connectivity index (χ2v) is 5.18. The molecule has 5 heteroatoms. The number of aliphatic carboxylic acids is 1. The van der Waals surface area contributed by atoms with Crippen molar-refractivity contribution in [3.8, 4) is 0 Å². The van der Waals surface area contributed by atoms with E-state index in [4.69, 9.17) is 5.11 Å². The first-order valence-corrected chi connectivity index (χ1v) is 8.04. The van der Waals surface area contributed by atoms with E-state index in [0.717, 1.165) is 25.8 Å². The third kappa shape index (κ3) is 16.9. The van der Waals surface area contributed by atoms with Crippen molar-refractivity contribution in [2.24, 2.45) is 0 Å². The number of carboxylic acid groups (broad SMARTS) is 1. The van der Waals surface area contributed by atoms with Crippen LogP contribution in [0.3, 0.4) is 0 Å². The summed E-state index contributed by atoms with van der Waals surface area (Å²) in [6, 6.07) is 0. The summed E-state index contributed by atoms with van der Waals surface area (Å²) in [5.74, 6) is -0.682. The fourth-order valence-electron chi connectivity index (χ4n) is 1.82. The highest BCUT2D eigenvalue weighted by atomic mass is 17.3. The molecular weight excluding hydrogens is 258 g/mol. The second-order valence-electron chi connectivity index (χ2n) is 5.18. The first-order valence-electron chi connectivity index (χ1n) is 8.04. The van der Waals surface area contributed by atoms with Crippen molar-refractivity contribution in [1.82, 2.24) is 4.91 Å². The Kier molecular flexibility index (Phi) is 13.5. The molecule has 120 valence electrons. The first-order chi connectivity index (χ1) is 9.70. The molecule has 0 radical (unpaired) electrons. The van der Waals surface area contributed by atoms with E-state index in [0.29, 0.717) is 6.42 Å². The lowest BCUT2D eigenvalue weighted by Gasteiger charge is -1.97. The van der Waals surface area contributed by atoms with Gasteiger partial charge in [-0.3, -0.25) is 4.79 Å². The Morgan fingerprint density at radius 2 is 1.35 bits per heavy atom. The summed E-state index contributed by atoms with van der Waals surface area (Å²) in [6.45, 7) is 5.23. The lowest BCUT2D eigenvalue weighted by molar-refractivity contribution is -0.137. The van der Waals surface area contributed by atoms with Gasteiger partial charge >= 0.3 is 5.97 Å². The number of aryl methyl sites for hydroxylation is 1. The molecule has 0 aliphatic heterocycles. The highest BCUT2D eigenvalue weighted by Gasteiger charge is 1.99. The van der Waals surface area contributed by atoms with E-state index in [9.17, 15) is 4.79 Å². The molecule has 0 bridgehead atoms. The maximum atomic E-state index is 9.87. The van der Waals surface area contributed by atoms with Gasteiger partial charge in [0.1, 0.15) is 0 Å². The van der Waals surface area contributed by atoms with Crippen LogP contribution in [0.4, 0.5) is 0 Å². The molecular formula is C15H31NO4. The number of hydrogen-bond donors (Lipinski definition) is 1. The number of hydrogen-bond acceptors (Lipinski definition) is 3. The van der Waals surface area contributed by atoms with Gasteiger partial charge in [0.25, 0.3) is 0 Å². The minimum atomic E-state index is -0.682.